The van der Waals surface area contributed by atoms with Crippen LogP contribution in [-0.2, 0) is 4.74 Å². The number of nitrogens with zero attached hydrogens (tertiary/aromatic N) is 3. The highest BCUT2D eigenvalue weighted by Gasteiger charge is 2.18. The number of carbonyl (C=O) groups excluding carboxylic acids is 1. The van der Waals surface area contributed by atoms with E-state index >= 15 is 0 Å². The van der Waals surface area contributed by atoms with Crippen LogP contribution < -0.4 is 10.1 Å². The maximum Gasteiger partial charge on any atom is 0.261 e. The Kier molecular flexibility index (Phi) is 4.34. The van der Waals surface area contributed by atoms with Crippen molar-refractivity contribution in [3.05, 3.63) is 36.3 Å². The average molecular weight is 302 g/mol. The van der Waals surface area contributed by atoms with Crippen molar-refractivity contribution in [1.82, 2.24) is 14.8 Å². The van der Waals surface area contributed by atoms with E-state index < -0.39 is 0 Å². The molecule has 1 saturated heterocycles. The number of carbonyl (C=O) groups is 1. The zero-order valence-corrected chi connectivity index (χ0v) is 12.4. The van der Waals surface area contributed by atoms with E-state index in [1.807, 2.05) is 10.9 Å². The molecule has 0 bridgehead atoms. The predicted octanol–water partition coefficient (Wildman–Crippen LogP) is 1.89. The summed E-state index contributed by atoms with van der Waals surface area (Å²) in [6.07, 6.45) is 6.95. The first kappa shape index (κ1) is 14.5. The molecule has 1 aliphatic rings. The van der Waals surface area contributed by atoms with Crippen molar-refractivity contribution in [2.75, 3.05) is 25.6 Å². The summed E-state index contributed by atoms with van der Waals surface area (Å²) < 4.78 is 12.3. The number of amides is 1. The molecule has 7 nitrogen and oxygen atoms in total. The van der Waals surface area contributed by atoms with E-state index in [0.29, 0.717) is 23.2 Å². The number of rotatable bonds is 4. The van der Waals surface area contributed by atoms with Gasteiger partial charge in [0.05, 0.1) is 25.0 Å². The first-order valence-corrected chi connectivity index (χ1v) is 7.20. The van der Waals surface area contributed by atoms with E-state index in [9.17, 15) is 4.79 Å². The van der Waals surface area contributed by atoms with Crippen molar-refractivity contribution >= 4 is 11.6 Å². The number of methoxy groups -OCH3 is 1. The molecule has 3 heterocycles. The quantitative estimate of drug-likeness (QED) is 0.933. The second-order valence-corrected chi connectivity index (χ2v) is 5.07. The van der Waals surface area contributed by atoms with Crippen LogP contribution in [0.1, 0.15) is 29.2 Å². The molecular weight excluding hydrogens is 284 g/mol. The number of ether oxygens (including phenoxy) is 2. The van der Waals surface area contributed by atoms with Crippen molar-refractivity contribution < 1.29 is 14.3 Å². The highest BCUT2D eigenvalue weighted by Crippen LogP contribution is 2.22. The lowest BCUT2D eigenvalue weighted by molar-refractivity contribution is 0.0662. The lowest BCUT2D eigenvalue weighted by atomic mass is 10.1. The lowest BCUT2D eigenvalue weighted by Gasteiger charge is -2.22. The zero-order chi connectivity index (χ0) is 15.4. The predicted molar refractivity (Wildman–Crippen MR) is 80.1 cm³/mol. The Balaban J connectivity index is 1.70. The van der Waals surface area contributed by atoms with Crippen LogP contribution in [-0.4, -0.2) is 41.0 Å². The molecule has 22 heavy (non-hydrogen) atoms. The van der Waals surface area contributed by atoms with E-state index in [0.717, 1.165) is 26.1 Å². The van der Waals surface area contributed by atoms with E-state index in [4.69, 9.17) is 9.47 Å². The monoisotopic (exact) mass is 302 g/mol. The van der Waals surface area contributed by atoms with Crippen molar-refractivity contribution in [2.24, 2.45) is 0 Å². The van der Waals surface area contributed by atoms with E-state index in [-0.39, 0.29) is 5.91 Å². The van der Waals surface area contributed by atoms with Gasteiger partial charge in [-0.05, 0) is 25.0 Å². The summed E-state index contributed by atoms with van der Waals surface area (Å²) in [5.74, 6) is 0.0355. The second-order valence-electron chi connectivity index (χ2n) is 5.07. The number of aromatic nitrogens is 3. The third-order valence-electron chi connectivity index (χ3n) is 3.63. The summed E-state index contributed by atoms with van der Waals surface area (Å²) in [4.78, 5) is 16.3. The first-order chi connectivity index (χ1) is 10.8. The van der Waals surface area contributed by atoms with E-state index in [1.165, 1.54) is 7.11 Å². The third kappa shape index (κ3) is 3.09. The van der Waals surface area contributed by atoms with Gasteiger partial charge in [-0.1, -0.05) is 0 Å². The number of hydrogen-bond donors (Lipinski definition) is 1. The molecule has 0 spiro atoms. The van der Waals surface area contributed by atoms with Crippen LogP contribution in [0.15, 0.2) is 30.7 Å². The number of pyridine rings is 1. The van der Waals surface area contributed by atoms with Gasteiger partial charge in [0.25, 0.3) is 5.91 Å². The topological polar surface area (TPSA) is 78.3 Å². The van der Waals surface area contributed by atoms with Crippen LogP contribution in [0.5, 0.6) is 5.88 Å². The summed E-state index contributed by atoms with van der Waals surface area (Å²) in [5.41, 5.74) is 1.05. The standard InChI is InChI=1S/C15H18N4O3/c1-21-15-13(3-2-6-16-15)14(20)18-11-9-17-19(10-11)12-4-7-22-8-5-12/h2-3,6,9-10,12H,4-5,7-8H2,1H3,(H,18,20). The van der Waals surface area contributed by atoms with Gasteiger partial charge in [0.2, 0.25) is 5.88 Å². The first-order valence-electron chi connectivity index (χ1n) is 7.20. The smallest absolute Gasteiger partial charge is 0.261 e. The molecule has 2 aromatic heterocycles. The Bertz CT molecular complexity index is 650. The highest BCUT2D eigenvalue weighted by molar-refractivity contribution is 6.05. The van der Waals surface area contributed by atoms with E-state index in [1.54, 1.807) is 24.5 Å². The van der Waals surface area contributed by atoms with Crippen molar-refractivity contribution in [2.45, 2.75) is 18.9 Å². The summed E-state index contributed by atoms with van der Waals surface area (Å²) in [5, 5.41) is 7.15. The fourth-order valence-corrected chi connectivity index (χ4v) is 2.48. The summed E-state index contributed by atoms with van der Waals surface area (Å²) in [6.45, 7) is 1.50. The van der Waals surface area contributed by atoms with Crippen LogP contribution in [0, 0.1) is 0 Å². The Morgan fingerprint density at radius 1 is 1.45 bits per heavy atom. The minimum Gasteiger partial charge on any atom is -0.480 e. The van der Waals surface area contributed by atoms with Crippen LogP contribution >= 0.6 is 0 Å². The van der Waals surface area contributed by atoms with Gasteiger partial charge in [-0.15, -0.1) is 0 Å². The maximum absolute atomic E-state index is 12.3. The van der Waals surface area contributed by atoms with Crippen LogP contribution in [0.25, 0.3) is 0 Å². The van der Waals surface area contributed by atoms with Crippen molar-refractivity contribution in [3.63, 3.8) is 0 Å². The highest BCUT2D eigenvalue weighted by atomic mass is 16.5. The number of nitrogens with one attached hydrogen (secondary N) is 1. The summed E-state index contributed by atoms with van der Waals surface area (Å²) in [7, 11) is 1.49. The molecule has 1 amide bonds. The Labute approximate surface area is 128 Å². The van der Waals surface area contributed by atoms with Gasteiger partial charge in [0.15, 0.2) is 0 Å². The van der Waals surface area contributed by atoms with Gasteiger partial charge in [-0.3, -0.25) is 9.48 Å². The Hall–Kier alpha value is -2.41. The molecular formula is C15H18N4O3. The SMILES string of the molecule is COc1ncccc1C(=O)Nc1cnn(C2CCOCC2)c1. The molecule has 116 valence electrons. The Morgan fingerprint density at radius 2 is 2.27 bits per heavy atom. The van der Waals surface area contributed by atoms with E-state index in [2.05, 4.69) is 15.4 Å². The molecule has 0 atom stereocenters. The normalized spacial score (nSPS) is 15.5. The van der Waals surface area contributed by atoms with Gasteiger partial charge in [-0.2, -0.15) is 5.10 Å². The molecule has 1 N–H and O–H groups in total. The van der Waals surface area contributed by atoms with Crippen LogP contribution in [0.4, 0.5) is 5.69 Å². The minimum absolute atomic E-state index is 0.267. The minimum atomic E-state index is -0.267. The van der Waals surface area contributed by atoms with Gasteiger partial charge < -0.3 is 14.8 Å². The molecule has 3 rings (SSSR count). The van der Waals surface area contributed by atoms with Gasteiger partial charge >= 0.3 is 0 Å². The summed E-state index contributed by atoms with van der Waals surface area (Å²) in [6, 6.07) is 3.69. The fraction of sp³-hybridized carbons (Fsp3) is 0.400. The molecule has 0 unspecified atom stereocenters. The van der Waals surface area contributed by atoms with Crippen molar-refractivity contribution in [1.29, 1.82) is 0 Å². The van der Waals surface area contributed by atoms with Crippen LogP contribution in [0.3, 0.4) is 0 Å². The van der Waals surface area contributed by atoms with Crippen molar-refractivity contribution in [3.8, 4) is 5.88 Å². The average Bonchev–Trinajstić information content (AvgIpc) is 3.04. The second kappa shape index (κ2) is 6.57. The summed E-state index contributed by atoms with van der Waals surface area (Å²) >= 11 is 0. The number of anilines is 1. The van der Waals surface area contributed by atoms with Gasteiger partial charge in [-0.25, -0.2) is 4.98 Å². The fourth-order valence-electron chi connectivity index (χ4n) is 2.48. The Morgan fingerprint density at radius 3 is 3.05 bits per heavy atom. The van der Waals surface area contributed by atoms with Gasteiger partial charge in [0, 0.05) is 25.6 Å². The van der Waals surface area contributed by atoms with Crippen LogP contribution in [0.2, 0.25) is 0 Å². The molecule has 2 aromatic rings. The maximum atomic E-state index is 12.3. The molecule has 1 aliphatic heterocycles. The lowest BCUT2D eigenvalue weighted by Crippen LogP contribution is -2.19. The molecule has 0 saturated carbocycles. The molecule has 1 fully saturated rings. The zero-order valence-electron chi connectivity index (χ0n) is 12.4. The molecule has 0 radical (unpaired) electrons. The number of hydrogen-bond acceptors (Lipinski definition) is 5. The molecule has 0 aromatic carbocycles. The third-order valence-corrected chi connectivity index (χ3v) is 3.63. The largest absolute Gasteiger partial charge is 0.480 e. The molecule has 0 aliphatic carbocycles. The van der Waals surface area contributed by atoms with Gasteiger partial charge in [0.1, 0.15) is 5.56 Å². The molecule has 7 heteroatoms.